The Bertz CT molecular complexity index is 622. The van der Waals surface area contributed by atoms with Crippen LogP contribution in [0.2, 0.25) is 0 Å². The number of hydrogen-bond acceptors (Lipinski definition) is 5. The number of aliphatic hydroxyl groups is 1. The molecule has 1 aromatic heterocycles. The summed E-state index contributed by atoms with van der Waals surface area (Å²) in [6.45, 7) is 1.85. The summed E-state index contributed by atoms with van der Waals surface area (Å²) in [5.41, 5.74) is 1.39. The zero-order valence-electron chi connectivity index (χ0n) is 11.5. The predicted octanol–water partition coefficient (Wildman–Crippen LogP) is 2.36. The number of aliphatic hydroxyl groups excluding tert-OH is 1. The van der Waals surface area contributed by atoms with Crippen LogP contribution in [0.15, 0.2) is 18.3 Å². The summed E-state index contributed by atoms with van der Waals surface area (Å²) in [5, 5.41) is 23.7. The SMILES string of the molecule is Cc1ccc2cnc(N[C@H]3CC[C@H](O)CC3)nc2c1O. The molecule has 20 heavy (non-hydrogen) atoms. The largest absolute Gasteiger partial charge is 0.505 e. The van der Waals surface area contributed by atoms with Gasteiger partial charge >= 0.3 is 0 Å². The highest BCUT2D eigenvalue weighted by atomic mass is 16.3. The Labute approximate surface area is 117 Å². The van der Waals surface area contributed by atoms with E-state index in [0.717, 1.165) is 36.6 Å². The van der Waals surface area contributed by atoms with E-state index in [0.29, 0.717) is 17.5 Å². The van der Waals surface area contributed by atoms with E-state index in [9.17, 15) is 10.2 Å². The molecule has 1 aliphatic carbocycles. The summed E-state index contributed by atoms with van der Waals surface area (Å²) < 4.78 is 0. The molecule has 106 valence electrons. The molecule has 0 unspecified atom stereocenters. The molecule has 3 rings (SSSR count). The molecule has 1 saturated carbocycles. The highest BCUT2D eigenvalue weighted by Gasteiger charge is 2.20. The van der Waals surface area contributed by atoms with Crippen LogP contribution in [0.1, 0.15) is 31.2 Å². The monoisotopic (exact) mass is 273 g/mol. The van der Waals surface area contributed by atoms with E-state index in [1.807, 2.05) is 19.1 Å². The number of rotatable bonds is 2. The summed E-state index contributed by atoms with van der Waals surface area (Å²) in [7, 11) is 0. The fourth-order valence-electron chi connectivity index (χ4n) is 2.66. The van der Waals surface area contributed by atoms with Crippen LogP contribution in [0.4, 0.5) is 5.95 Å². The minimum Gasteiger partial charge on any atom is -0.505 e. The van der Waals surface area contributed by atoms with Crippen molar-refractivity contribution >= 4 is 16.9 Å². The predicted molar refractivity (Wildman–Crippen MR) is 77.8 cm³/mol. The third kappa shape index (κ3) is 2.54. The first kappa shape index (κ1) is 13.1. The van der Waals surface area contributed by atoms with Gasteiger partial charge in [-0.25, -0.2) is 9.97 Å². The Morgan fingerprint density at radius 1 is 1.20 bits per heavy atom. The van der Waals surface area contributed by atoms with Crippen molar-refractivity contribution in [1.82, 2.24) is 9.97 Å². The maximum absolute atomic E-state index is 10.1. The van der Waals surface area contributed by atoms with Crippen LogP contribution < -0.4 is 5.32 Å². The van der Waals surface area contributed by atoms with Crippen molar-refractivity contribution in [2.45, 2.75) is 44.8 Å². The van der Waals surface area contributed by atoms with Gasteiger partial charge in [-0.3, -0.25) is 0 Å². The lowest BCUT2D eigenvalue weighted by atomic mass is 9.93. The summed E-state index contributed by atoms with van der Waals surface area (Å²) >= 11 is 0. The molecule has 2 aromatic rings. The Morgan fingerprint density at radius 2 is 1.95 bits per heavy atom. The highest BCUT2D eigenvalue weighted by Crippen LogP contribution is 2.27. The van der Waals surface area contributed by atoms with Gasteiger partial charge in [-0.15, -0.1) is 0 Å². The summed E-state index contributed by atoms with van der Waals surface area (Å²) in [6.07, 6.45) is 5.02. The molecule has 1 aliphatic rings. The maximum Gasteiger partial charge on any atom is 0.223 e. The zero-order valence-corrected chi connectivity index (χ0v) is 11.5. The third-order valence-electron chi connectivity index (χ3n) is 3.96. The molecular weight excluding hydrogens is 254 g/mol. The van der Waals surface area contributed by atoms with Crippen LogP contribution in [0.3, 0.4) is 0 Å². The Morgan fingerprint density at radius 3 is 2.70 bits per heavy atom. The second-order valence-electron chi connectivity index (χ2n) is 5.51. The number of aryl methyl sites for hydroxylation is 1. The van der Waals surface area contributed by atoms with Crippen molar-refractivity contribution < 1.29 is 10.2 Å². The molecular formula is C15H19N3O2. The van der Waals surface area contributed by atoms with E-state index in [1.54, 1.807) is 6.20 Å². The van der Waals surface area contributed by atoms with Gasteiger partial charge in [-0.2, -0.15) is 0 Å². The van der Waals surface area contributed by atoms with Gasteiger partial charge in [0.1, 0.15) is 11.3 Å². The minimum absolute atomic E-state index is 0.169. The normalized spacial score (nSPS) is 22.9. The summed E-state index contributed by atoms with van der Waals surface area (Å²) in [5.74, 6) is 0.756. The summed E-state index contributed by atoms with van der Waals surface area (Å²) in [6, 6.07) is 4.06. The van der Waals surface area contributed by atoms with Crippen molar-refractivity contribution in [2.75, 3.05) is 5.32 Å². The smallest absolute Gasteiger partial charge is 0.223 e. The van der Waals surface area contributed by atoms with Crippen LogP contribution in [0, 0.1) is 6.92 Å². The van der Waals surface area contributed by atoms with Crippen LogP contribution in [-0.2, 0) is 0 Å². The van der Waals surface area contributed by atoms with Gasteiger partial charge in [0.2, 0.25) is 5.95 Å². The van der Waals surface area contributed by atoms with Gasteiger partial charge in [0, 0.05) is 17.6 Å². The molecule has 0 radical (unpaired) electrons. The van der Waals surface area contributed by atoms with Crippen LogP contribution in [0.5, 0.6) is 5.75 Å². The van der Waals surface area contributed by atoms with E-state index < -0.39 is 0 Å². The van der Waals surface area contributed by atoms with Gasteiger partial charge in [-0.1, -0.05) is 12.1 Å². The molecule has 1 heterocycles. The van der Waals surface area contributed by atoms with E-state index in [1.165, 1.54) is 0 Å². The maximum atomic E-state index is 10.1. The molecule has 0 aliphatic heterocycles. The number of nitrogens with one attached hydrogen (secondary N) is 1. The van der Waals surface area contributed by atoms with Gasteiger partial charge in [0.05, 0.1) is 6.10 Å². The quantitative estimate of drug-likeness (QED) is 0.783. The number of aromatic nitrogens is 2. The topological polar surface area (TPSA) is 78.3 Å². The average molecular weight is 273 g/mol. The molecule has 3 N–H and O–H groups in total. The third-order valence-corrected chi connectivity index (χ3v) is 3.96. The van der Waals surface area contributed by atoms with Crippen molar-refractivity contribution in [3.05, 3.63) is 23.9 Å². The Kier molecular flexibility index (Phi) is 3.44. The van der Waals surface area contributed by atoms with Crippen LogP contribution in [-0.4, -0.2) is 32.3 Å². The van der Waals surface area contributed by atoms with E-state index >= 15 is 0 Å². The molecule has 0 atom stereocenters. The highest BCUT2D eigenvalue weighted by molar-refractivity contribution is 5.85. The van der Waals surface area contributed by atoms with Crippen molar-refractivity contribution in [3.63, 3.8) is 0 Å². The molecule has 5 heteroatoms. The summed E-state index contributed by atoms with van der Waals surface area (Å²) in [4.78, 5) is 8.71. The number of hydrogen-bond donors (Lipinski definition) is 3. The number of anilines is 1. The Balaban J connectivity index is 1.83. The number of nitrogens with zero attached hydrogens (tertiary/aromatic N) is 2. The van der Waals surface area contributed by atoms with Gasteiger partial charge in [0.15, 0.2) is 0 Å². The van der Waals surface area contributed by atoms with Crippen molar-refractivity contribution in [1.29, 1.82) is 0 Å². The molecule has 0 bridgehead atoms. The van der Waals surface area contributed by atoms with Crippen LogP contribution >= 0.6 is 0 Å². The number of benzene rings is 1. The lowest BCUT2D eigenvalue weighted by molar-refractivity contribution is 0.126. The van der Waals surface area contributed by atoms with Gasteiger partial charge < -0.3 is 15.5 Å². The van der Waals surface area contributed by atoms with E-state index in [2.05, 4.69) is 15.3 Å². The molecule has 0 saturated heterocycles. The molecule has 0 spiro atoms. The lowest BCUT2D eigenvalue weighted by Gasteiger charge is -2.26. The lowest BCUT2D eigenvalue weighted by Crippen LogP contribution is -2.28. The molecule has 1 aromatic carbocycles. The number of aromatic hydroxyl groups is 1. The first-order chi connectivity index (χ1) is 9.63. The standard InChI is InChI=1S/C15H19N3O2/c1-9-2-3-10-8-16-15(18-13(10)14(9)20)17-11-4-6-12(19)7-5-11/h2-3,8,11-12,19-20H,4-7H2,1H3,(H,16,17,18)/t11-,12-. The van der Waals surface area contributed by atoms with Gasteiger partial charge in [0.25, 0.3) is 0 Å². The van der Waals surface area contributed by atoms with E-state index in [-0.39, 0.29) is 11.9 Å². The molecule has 0 amide bonds. The van der Waals surface area contributed by atoms with Crippen molar-refractivity contribution in [2.24, 2.45) is 0 Å². The van der Waals surface area contributed by atoms with E-state index in [4.69, 9.17) is 0 Å². The molecule has 1 fully saturated rings. The zero-order chi connectivity index (χ0) is 14.1. The first-order valence-electron chi connectivity index (χ1n) is 7.03. The second-order valence-corrected chi connectivity index (χ2v) is 5.51. The second kappa shape index (κ2) is 5.25. The van der Waals surface area contributed by atoms with Crippen molar-refractivity contribution in [3.8, 4) is 5.75 Å². The number of phenols is 1. The fraction of sp³-hybridized carbons (Fsp3) is 0.467. The minimum atomic E-state index is -0.169. The molecule has 5 nitrogen and oxygen atoms in total. The fourth-order valence-corrected chi connectivity index (χ4v) is 2.66. The van der Waals surface area contributed by atoms with Gasteiger partial charge in [-0.05, 0) is 38.2 Å². The first-order valence-corrected chi connectivity index (χ1v) is 7.03. The average Bonchev–Trinajstić information content (AvgIpc) is 2.46. The number of phenolic OH excluding ortho intramolecular Hbond substituents is 1. The Hall–Kier alpha value is -1.88. The van der Waals surface area contributed by atoms with Crippen LogP contribution in [0.25, 0.3) is 10.9 Å². The number of fused-ring (bicyclic) bond motifs is 1.